The second kappa shape index (κ2) is 16.9. The highest BCUT2D eigenvalue weighted by Gasteiger charge is 2.19. The molecule has 30 heavy (non-hydrogen) atoms. The van der Waals surface area contributed by atoms with Crippen molar-refractivity contribution in [1.29, 1.82) is 0 Å². The van der Waals surface area contributed by atoms with Crippen molar-refractivity contribution in [2.75, 3.05) is 0 Å². The molecule has 0 saturated heterocycles. The molecule has 0 unspecified atom stereocenters. The predicted molar refractivity (Wildman–Crippen MR) is 124 cm³/mol. The number of rotatable bonds is 19. The second-order valence-corrected chi connectivity index (χ2v) is 8.50. The number of hydrogen-bond acceptors (Lipinski definition) is 2. The largest absolute Gasteiger partial charge is 0.478 e. The molecule has 0 fully saturated rings. The molecular weight excluding hydrogens is 376 g/mol. The molecule has 0 aliphatic heterocycles. The molecule has 0 bridgehead atoms. The zero-order chi connectivity index (χ0) is 22.0. The SMILES string of the molecule is CCCCCCCCCCCCCCCCCCc1cccc(C(=O)O)c1C(=O)O. The van der Waals surface area contributed by atoms with Crippen LogP contribution in [-0.4, -0.2) is 22.2 Å². The number of carbonyl (C=O) groups is 2. The van der Waals surface area contributed by atoms with Gasteiger partial charge in [0.25, 0.3) is 0 Å². The fraction of sp³-hybridized carbons (Fsp3) is 0.692. The van der Waals surface area contributed by atoms with Crippen LogP contribution in [0.25, 0.3) is 0 Å². The molecule has 0 heterocycles. The zero-order valence-corrected chi connectivity index (χ0v) is 19.0. The average Bonchev–Trinajstić information content (AvgIpc) is 2.73. The molecule has 0 radical (unpaired) electrons. The van der Waals surface area contributed by atoms with E-state index in [1.54, 1.807) is 12.1 Å². The number of carboxylic acid groups (broad SMARTS) is 2. The van der Waals surface area contributed by atoms with Gasteiger partial charge in [-0.15, -0.1) is 0 Å². The fourth-order valence-corrected chi connectivity index (χ4v) is 4.10. The summed E-state index contributed by atoms with van der Waals surface area (Å²) in [6.45, 7) is 2.26. The second-order valence-electron chi connectivity index (χ2n) is 8.50. The Morgan fingerprint density at radius 1 is 0.633 bits per heavy atom. The van der Waals surface area contributed by atoms with Gasteiger partial charge in [0.05, 0.1) is 11.1 Å². The molecule has 0 aromatic heterocycles. The van der Waals surface area contributed by atoms with Crippen LogP contribution in [0.15, 0.2) is 18.2 Å². The van der Waals surface area contributed by atoms with E-state index in [0.29, 0.717) is 12.0 Å². The lowest BCUT2D eigenvalue weighted by molar-refractivity contribution is 0.0650. The summed E-state index contributed by atoms with van der Waals surface area (Å²) in [4.78, 5) is 22.7. The maximum atomic E-state index is 11.5. The average molecular weight is 419 g/mol. The number of carboxylic acids is 2. The smallest absolute Gasteiger partial charge is 0.336 e. The Labute approximate surface area is 183 Å². The number of hydrogen-bond donors (Lipinski definition) is 2. The van der Waals surface area contributed by atoms with E-state index in [0.717, 1.165) is 12.8 Å². The third kappa shape index (κ3) is 11.4. The topological polar surface area (TPSA) is 74.6 Å². The molecule has 0 aliphatic carbocycles. The summed E-state index contributed by atoms with van der Waals surface area (Å²) in [7, 11) is 0. The van der Waals surface area contributed by atoms with Crippen LogP contribution in [0.1, 0.15) is 136 Å². The van der Waals surface area contributed by atoms with E-state index >= 15 is 0 Å². The summed E-state index contributed by atoms with van der Waals surface area (Å²) in [5.74, 6) is -2.33. The van der Waals surface area contributed by atoms with Crippen molar-refractivity contribution in [2.45, 2.75) is 116 Å². The summed E-state index contributed by atoms with van der Waals surface area (Å²) < 4.78 is 0. The van der Waals surface area contributed by atoms with Crippen LogP contribution in [-0.2, 0) is 6.42 Å². The van der Waals surface area contributed by atoms with Gasteiger partial charge in [0.15, 0.2) is 0 Å². The van der Waals surface area contributed by atoms with E-state index in [4.69, 9.17) is 0 Å². The van der Waals surface area contributed by atoms with Crippen molar-refractivity contribution < 1.29 is 19.8 Å². The van der Waals surface area contributed by atoms with Gasteiger partial charge in [-0.05, 0) is 24.5 Å². The lowest BCUT2D eigenvalue weighted by Gasteiger charge is -2.09. The van der Waals surface area contributed by atoms with Crippen molar-refractivity contribution in [2.24, 2.45) is 0 Å². The van der Waals surface area contributed by atoms with Crippen LogP contribution in [0, 0.1) is 0 Å². The quantitative estimate of drug-likeness (QED) is 0.224. The Kier molecular flexibility index (Phi) is 14.8. The molecule has 0 amide bonds. The molecular formula is C26H42O4. The van der Waals surface area contributed by atoms with Gasteiger partial charge in [0, 0.05) is 0 Å². The van der Waals surface area contributed by atoms with E-state index in [1.165, 1.54) is 96.0 Å². The van der Waals surface area contributed by atoms with Crippen LogP contribution in [0.5, 0.6) is 0 Å². The number of aromatic carboxylic acids is 2. The molecule has 0 saturated carbocycles. The normalized spacial score (nSPS) is 11.0. The van der Waals surface area contributed by atoms with Gasteiger partial charge in [-0.1, -0.05) is 115 Å². The summed E-state index contributed by atoms with van der Waals surface area (Å²) in [6, 6.07) is 4.74. The van der Waals surface area contributed by atoms with Gasteiger partial charge in [-0.25, -0.2) is 9.59 Å². The maximum Gasteiger partial charge on any atom is 0.336 e. The maximum absolute atomic E-state index is 11.5. The first-order valence-electron chi connectivity index (χ1n) is 12.2. The predicted octanol–water partition coefficient (Wildman–Crippen LogP) is 7.89. The minimum Gasteiger partial charge on any atom is -0.478 e. The standard InChI is InChI=1S/C26H42O4/c1-2-3-4-5-6-7-8-9-10-11-12-13-14-15-16-17-19-22-20-18-21-23(25(27)28)24(22)26(29)30/h18,20-21H,2-17,19H2,1H3,(H,27,28)(H,29,30). The third-order valence-electron chi connectivity index (χ3n) is 5.89. The Balaban J connectivity index is 2.03. The van der Waals surface area contributed by atoms with Crippen LogP contribution < -0.4 is 0 Å². The van der Waals surface area contributed by atoms with Gasteiger partial charge >= 0.3 is 11.9 Å². The first-order chi connectivity index (χ1) is 14.6. The van der Waals surface area contributed by atoms with Gasteiger partial charge in [0.1, 0.15) is 0 Å². The highest BCUT2D eigenvalue weighted by Crippen LogP contribution is 2.19. The zero-order valence-electron chi connectivity index (χ0n) is 19.0. The lowest BCUT2D eigenvalue weighted by atomic mass is 9.96. The van der Waals surface area contributed by atoms with Crippen molar-refractivity contribution >= 4 is 11.9 Å². The molecule has 1 aromatic rings. The van der Waals surface area contributed by atoms with Gasteiger partial charge < -0.3 is 10.2 Å². The van der Waals surface area contributed by atoms with E-state index < -0.39 is 11.9 Å². The third-order valence-corrected chi connectivity index (χ3v) is 5.89. The van der Waals surface area contributed by atoms with E-state index in [-0.39, 0.29) is 11.1 Å². The molecule has 0 aliphatic rings. The van der Waals surface area contributed by atoms with Crippen LogP contribution in [0.2, 0.25) is 0 Å². The summed E-state index contributed by atoms with van der Waals surface area (Å²) in [6.07, 6.45) is 21.4. The molecule has 4 heteroatoms. The minimum atomic E-state index is -1.18. The number of unbranched alkanes of at least 4 members (excludes halogenated alkanes) is 15. The Morgan fingerprint density at radius 2 is 1.07 bits per heavy atom. The Bertz CT molecular complexity index is 609. The van der Waals surface area contributed by atoms with Crippen LogP contribution in [0.4, 0.5) is 0 Å². The van der Waals surface area contributed by atoms with Crippen molar-refractivity contribution in [3.8, 4) is 0 Å². The van der Waals surface area contributed by atoms with Crippen molar-refractivity contribution in [1.82, 2.24) is 0 Å². The molecule has 1 aromatic carbocycles. The Hall–Kier alpha value is -1.84. The van der Waals surface area contributed by atoms with Crippen molar-refractivity contribution in [3.63, 3.8) is 0 Å². The van der Waals surface area contributed by atoms with Crippen LogP contribution in [0.3, 0.4) is 0 Å². The van der Waals surface area contributed by atoms with Crippen LogP contribution >= 0.6 is 0 Å². The molecule has 2 N–H and O–H groups in total. The first kappa shape index (κ1) is 26.2. The van der Waals surface area contributed by atoms with E-state index in [9.17, 15) is 19.8 Å². The fourth-order valence-electron chi connectivity index (χ4n) is 4.10. The summed E-state index contributed by atoms with van der Waals surface area (Å²) in [5, 5.41) is 18.6. The Morgan fingerprint density at radius 3 is 1.47 bits per heavy atom. The number of aryl methyl sites for hydroxylation is 1. The van der Waals surface area contributed by atoms with Gasteiger partial charge in [-0.2, -0.15) is 0 Å². The van der Waals surface area contributed by atoms with Gasteiger partial charge in [-0.3, -0.25) is 0 Å². The molecule has 0 spiro atoms. The highest BCUT2D eigenvalue weighted by atomic mass is 16.4. The first-order valence-corrected chi connectivity index (χ1v) is 12.2. The van der Waals surface area contributed by atoms with Gasteiger partial charge in [0.2, 0.25) is 0 Å². The summed E-state index contributed by atoms with van der Waals surface area (Å²) in [5.41, 5.74) is 0.468. The van der Waals surface area contributed by atoms with E-state index in [1.807, 2.05) is 0 Å². The minimum absolute atomic E-state index is 0.0500. The molecule has 4 nitrogen and oxygen atoms in total. The highest BCUT2D eigenvalue weighted by molar-refractivity contribution is 6.02. The van der Waals surface area contributed by atoms with Crippen molar-refractivity contribution in [3.05, 3.63) is 34.9 Å². The molecule has 170 valence electrons. The monoisotopic (exact) mass is 418 g/mol. The van der Waals surface area contributed by atoms with E-state index in [2.05, 4.69) is 6.92 Å². The molecule has 1 rings (SSSR count). The lowest BCUT2D eigenvalue weighted by Crippen LogP contribution is -2.11. The summed E-state index contributed by atoms with van der Waals surface area (Å²) >= 11 is 0. The number of benzene rings is 1. The molecule has 0 atom stereocenters.